The molecule has 0 radical (unpaired) electrons. The molecule has 3 N–H and O–H groups in total. The maximum absolute atomic E-state index is 11.3. The summed E-state index contributed by atoms with van der Waals surface area (Å²) in [4.78, 5) is 15.2. The highest BCUT2D eigenvalue weighted by molar-refractivity contribution is 9.10. The standard InChI is InChI=1S/C8H10BrN3O/c9-6-1-3-11-7(5-6)8(13)12-4-2-10/h1,3,5H,2,4,10H2,(H,12,13). The number of nitrogens with zero attached hydrogens (tertiary/aromatic N) is 1. The van der Waals surface area contributed by atoms with Crippen molar-refractivity contribution in [2.24, 2.45) is 5.73 Å². The molecule has 0 aliphatic heterocycles. The number of carbonyl (C=O) groups is 1. The Bertz CT molecular complexity index is 303. The van der Waals surface area contributed by atoms with Crippen molar-refractivity contribution in [1.82, 2.24) is 10.3 Å². The van der Waals surface area contributed by atoms with Gasteiger partial charge in [0.25, 0.3) is 5.91 Å². The first-order valence-corrected chi connectivity index (χ1v) is 4.63. The Morgan fingerprint density at radius 1 is 1.69 bits per heavy atom. The largest absolute Gasteiger partial charge is 0.349 e. The van der Waals surface area contributed by atoms with E-state index in [1.54, 1.807) is 18.3 Å². The average molecular weight is 244 g/mol. The Hall–Kier alpha value is -0.940. The van der Waals surface area contributed by atoms with Gasteiger partial charge in [0.15, 0.2) is 0 Å². The Morgan fingerprint density at radius 3 is 3.08 bits per heavy atom. The van der Waals surface area contributed by atoms with Crippen LogP contribution in [0.1, 0.15) is 10.5 Å². The van der Waals surface area contributed by atoms with Gasteiger partial charge in [0.05, 0.1) is 0 Å². The molecule has 5 heteroatoms. The van der Waals surface area contributed by atoms with Crippen LogP contribution < -0.4 is 11.1 Å². The van der Waals surface area contributed by atoms with E-state index in [0.717, 1.165) is 4.47 Å². The van der Waals surface area contributed by atoms with E-state index in [0.29, 0.717) is 18.8 Å². The number of aromatic nitrogens is 1. The molecule has 13 heavy (non-hydrogen) atoms. The second kappa shape index (κ2) is 4.94. The van der Waals surface area contributed by atoms with Gasteiger partial charge in [0.2, 0.25) is 0 Å². The van der Waals surface area contributed by atoms with E-state index in [1.807, 2.05) is 0 Å². The Labute approximate surface area is 84.7 Å². The first-order chi connectivity index (χ1) is 6.24. The van der Waals surface area contributed by atoms with Crippen LogP contribution in [0.4, 0.5) is 0 Å². The van der Waals surface area contributed by atoms with Crippen LogP contribution in [0.3, 0.4) is 0 Å². The second-order valence-electron chi connectivity index (χ2n) is 2.40. The van der Waals surface area contributed by atoms with Gasteiger partial charge in [-0.1, -0.05) is 15.9 Å². The molecular formula is C8H10BrN3O. The summed E-state index contributed by atoms with van der Waals surface area (Å²) in [5.74, 6) is -0.202. The second-order valence-corrected chi connectivity index (χ2v) is 3.32. The molecule has 1 heterocycles. The zero-order chi connectivity index (χ0) is 9.68. The lowest BCUT2D eigenvalue weighted by Gasteiger charge is -2.01. The van der Waals surface area contributed by atoms with Gasteiger partial charge in [-0.05, 0) is 12.1 Å². The summed E-state index contributed by atoms with van der Waals surface area (Å²) in [5, 5.41) is 2.63. The molecule has 1 rings (SSSR count). The molecule has 1 amide bonds. The molecule has 0 bridgehead atoms. The maximum atomic E-state index is 11.3. The predicted octanol–water partition coefficient (Wildman–Crippen LogP) is 0.533. The summed E-state index contributed by atoms with van der Waals surface area (Å²) in [6.45, 7) is 0.896. The van der Waals surface area contributed by atoms with Crippen molar-refractivity contribution in [2.75, 3.05) is 13.1 Å². The van der Waals surface area contributed by atoms with Crippen LogP contribution in [0.5, 0.6) is 0 Å². The van der Waals surface area contributed by atoms with Gasteiger partial charge < -0.3 is 11.1 Å². The fourth-order valence-electron chi connectivity index (χ4n) is 0.805. The summed E-state index contributed by atoms with van der Waals surface area (Å²) < 4.78 is 0.834. The van der Waals surface area contributed by atoms with E-state index in [9.17, 15) is 4.79 Å². The van der Waals surface area contributed by atoms with Crippen molar-refractivity contribution in [2.45, 2.75) is 0 Å². The van der Waals surface area contributed by atoms with Crippen LogP contribution in [0.2, 0.25) is 0 Å². The third-order valence-electron chi connectivity index (χ3n) is 1.38. The number of pyridine rings is 1. The smallest absolute Gasteiger partial charge is 0.269 e. The molecule has 0 unspecified atom stereocenters. The molecule has 0 aromatic carbocycles. The normalized spacial score (nSPS) is 9.69. The Morgan fingerprint density at radius 2 is 2.46 bits per heavy atom. The van der Waals surface area contributed by atoms with Crippen molar-refractivity contribution in [3.63, 3.8) is 0 Å². The van der Waals surface area contributed by atoms with E-state index in [1.165, 1.54) is 0 Å². The minimum Gasteiger partial charge on any atom is -0.349 e. The topological polar surface area (TPSA) is 68.0 Å². The molecule has 0 aliphatic rings. The zero-order valence-corrected chi connectivity index (χ0v) is 8.54. The van der Waals surface area contributed by atoms with Gasteiger partial charge in [-0.2, -0.15) is 0 Å². The number of hydrogen-bond acceptors (Lipinski definition) is 3. The van der Waals surface area contributed by atoms with Crippen molar-refractivity contribution in [1.29, 1.82) is 0 Å². The highest BCUT2D eigenvalue weighted by Gasteiger charge is 2.05. The van der Waals surface area contributed by atoms with Gasteiger partial charge in [-0.15, -0.1) is 0 Å². The first-order valence-electron chi connectivity index (χ1n) is 3.84. The summed E-state index contributed by atoms with van der Waals surface area (Å²) in [6.07, 6.45) is 1.57. The van der Waals surface area contributed by atoms with Crippen LogP contribution in [0, 0.1) is 0 Å². The summed E-state index contributed by atoms with van der Waals surface area (Å²) >= 11 is 3.25. The van der Waals surface area contributed by atoms with Crippen molar-refractivity contribution in [3.8, 4) is 0 Å². The lowest BCUT2D eigenvalue weighted by molar-refractivity contribution is 0.0949. The molecular weight excluding hydrogens is 234 g/mol. The molecule has 0 aliphatic carbocycles. The number of nitrogens with two attached hydrogens (primary N) is 1. The van der Waals surface area contributed by atoms with Gasteiger partial charge in [-0.3, -0.25) is 9.78 Å². The van der Waals surface area contributed by atoms with Crippen molar-refractivity contribution in [3.05, 3.63) is 28.5 Å². The molecule has 0 spiro atoms. The highest BCUT2D eigenvalue weighted by atomic mass is 79.9. The van der Waals surface area contributed by atoms with E-state index < -0.39 is 0 Å². The van der Waals surface area contributed by atoms with E-state index >= 15 is 0 Å². The minimum absolute atomic E-state index is 0.202. The Kier molecular flexibility index (Phi) is 3.85. The third kappa shape index (κ3) is 3.12. The monoisotopic (exact) mass is 243 g/mol. The summed E-state index contributed by atoms with van der Waals surface area (Å²) in [6, 6.07) is 3.42. The molecule has 0 fully saturated rings. The summed E-state index contributed by atoms with van der Waals surface area (Å²) in [5.41, 5.74) is 5.63. The quantitative estimate of drug-likeness (QED) is 0.815. The predicted molar refractivity (Wildman–Crippen MR) is 53.3 cm³/mol. The van der Waals surface area contributed by atoms with E-state index in [4.69, 9.17) is 5.73 Å². The number of amides is 1. The molecule has 70 valence electrons. The molecule has 1 aromatic heterocycles. The van der Waals surface area contributed by atoms with Gasteiger partial charge in [-0.25, -0.2) is 0 Å². The number of carbonyl (C=O) groups excluding carboxylic acids is 1. The minimum atomic E-state index is -0.202. The Balaban J connectivity index is 2.66. The lowest BCUT2D eigenvalue weighted by Crippen LogP contribution is -2.29. The van der Waals surface area contributed by atoms with Crippen LogP contribution in [0.25, 0.3) is 0 Å². The highest BCUT2D eigenvalue weighted by Crippen LogP contribution is 2.08. The summed E-state index contributed by atoms with van der Waals surface area (Å²) in [7, 11) is 0. The maximum Gasteiger partial charge on any atom is 0.269 e. The number of nitrogens with one attached hydrogen (secondary N) is 1. The third-order valence-corrected chi connectivity index (χ3v) is 1.88. The number of halogens is 1. The van der Waals surface area contributed by atoms with Gasteiger partial charge in [0.1, 0.15) is 5.69 Å². The van der Waals surface area contributed by atoms with Crippen LogP contribution in [0.15, 0.2) is 22.8 Å². The van der Waals surface area contributed by atoms with Gasteiger partial charge in [0, 0.05) is 23.8 Å². The molecule has 0 saturated heterocycles. The number of rotatable bonds is 3. The SMILES string of the molecule is NCCNC(=O)c1cc(Br)ccn1. The van der Waals surface area contributed by atoms with Crippen LogP contribution in [-0.4, -0.2) is 24.0 Å². The lowest BCUT2D eigenvalue weighted by atomic mass is 10.3. The molecule has 0 atom stereocenters. The van der Waals surface area contributed by atoms with Crippen molar-refractivity contribution >= 4 is 21.8 Å². The number of hydrogen-bond donors (Lipinski definition) is 2. The molecule has 0 saturated carbocycles. The fourth-order valence-corrected chi connectivity index (χ4v) is 1.14. The van der Waals surface area contributed by atoms with Crippen LogP contribution in [-0.2, 0) is 0 Å². The molecule has 1 aromatic rings. The zero-order valence-electron chi connectivity index (χ0n) is 6.96. The van der Waals surface area contributed by atoms with Crippen LogP contribution >= 0.6 is 15.9 Å². The fraction of sp³-hybridized carbons (Fsp3) is 0.250. The van der Waals surface area contributed by atoms with Crippen molar-refractivity contribution < 1.29 is 4.79 Å². The van der Waals surface area contributed by atoms with E-state index in [2.05, 4.69) is 26.2 Å². The average Bonchev–Trinajstić information content (AvgIpc) is 2.14. The first kappa shape index (κ1) is 10.1. The molecule has 4 nitrogen and oxygen atoms in total. The van der Waals surface area contributed by atoms with E-state index in [-0.39, 0.29) is 5.91 Å². The van der Waals surface area contributed by atoms with Gasteiger partial charge >= 0.3 is 0 Å².